The summed E-state index contributed by atoms with van der Waals surface area (Å²) < 4.78 is 12.0. The van der Waals surface area contributed by atoms with E-state index < -0.39 is 0 Å². The number of aromatic nitrogens is 5. The molecule has 0 radical (unpaired) electrons. The molecule has 59 heavy (non-hydrogen) atoms. The van der Waals surface area contributed by atoms with Crippen LogP contribution in [0.25, 0.3) is 99.5 Å². The predicted octanol–water partition coefficient (Wildman–Crippen LogP) is 13.6. The van der Waals surface area contributed by atoms with Gasteiger partial charge in [0, 0.05) is 55.6 Å². The maximum absolute atomic E-state index is 7.24. The van der Waals surface area contributed by atoms with Crippen molar-refractivity contribution in [2.24, 2.45) is 11.8 Å². The fraction of sp³-hybridized carbons (Fsp3) is 0.113. The van der Waals surface area contributed by atoms with Gasteiger partial charge < -0.3 is 13.6 Å². The molecule has 0 saturated heterocycles. The third-order valence-electron chi connectivity index (χ3n) is 12.3. The van der Waals surface area contributed by atoms with E-state index in [4.69, 9.17) is 19.4 Å². The molecule has 4 heterocycles. The molecule has 12 rings (SSSR count). The summed E-state index contributed by atoms with van der Waals surface area (Å²) in [5.41, 5.74) is 11.6. The van der Waals surface area contributed by atoms with E-state index in [9.17, 15) is 0 Å². The van der Waals surface area contributed by atoms with E-state index in [1.807, 2.05) is 18.2 Å². The molecule has 0 amide bonds. The average molecular weight is 762 g/mol. The number of hydrogen-bond acceptors (Lipinski definition) is 4. The molecule has 282 valence electrons. The van der Waals surface area contributed by atoms with Crippen molar-refractivity contribution in [3.63, 3.8) is 0 Å². The fourth-order valence-corrected chi connectivity index (χ4v) is 9.62. The maximum Gasteiger partial charge on any atom is 0.165 e. The van der Waals surface area contributed by atoms with Gasteiger partial charge in [0.15, 0.2) is 17.5 Å². The standard InChI is InChI=1S/C53H39N5O/c1-32-15-13-19-35(31-32)52-54-51(34-17-5-3-6-18-34)55-53(56-52)41-24-14-16-33(2)48(41)58-43-26-12-10-23-40(43)47-45(58)30-28-38-37-27-29-44-46(49(37)59-50(38)47)39-22-9-11-25-42(39)57(44)36-20-7-4-8-21-36/h3-14,17-33H,15-16H2,1-2H3. The van der Waals surface area contributed by atoms with Gasteiger partial charge in [0.1, 0.15) is 11.2 Å². The van der Waals surface area contributed by atoms with Gasteiger partial charge in [0.25, 0.3) is 0 Å². The molecule has 0 saturated carbocycles. The van der Waals surface area contributed by atoms with Gasteiger partial charge in [-0.2, -0.15) is 0 Å². The summed E-state index contributed by atoms with van der Waals surface area (Å²) in [6.07, 6.45) is 13.1. The first-order valence-electron chi connectivity index (χ1n) is 20.6. The second kappa shape index (κ2) is 13.1. The quantitative estimate of drug-likeness (QED) is 0.175. The number of benzene rings is 6. The van der Waals surface area contributed by atoms with Crippen molar-refractivity contribution in [3.05, 3.63) is 175 Å². The number of allylic oxidation sites excluding steroid dienone is 8. The highest BCUT2D eigenvalue weighted by Crippen LogP contribution is 2.46. The van der Waals surface area contributed by atoms with Crippen LogP contribution in [0.4, 0.5) is 0 Å². The van der Waals surface area contributed by atoms with Gasteiger partial charge in [-0.15, -0.1) is 0 Å². The lowest BCUT2D eigenvalue weighted by Crippen LogP contribution is -2.14. The molecule has 10 aromatic rings. The van der Waals surface area contributed by atoms with E-state index in [1.54, 1.807) is 0 Å². The third-order valence-corrected chi connectivity index (χ3v) is 12.3. The Morgan fingerprint density at radius 2 is 1.08 bits per heavy atom. The van der Waals surface area contributed by atoms with Crippen molar-refractivity contribution >= 4 is 82.4 Å². The minimum absolute atomic E-state index is 0.179. The second-order valence-electron chi connectivity index (χ2n) is 16.1. The molecule has 2 aliphatic carbocycles. The van der Waals surface area contributed by atoms with Crippen LogP contribution in [0.15, 0.2) is 168 Å². The summed E-state index contributed by atoms with van der Waals surface area (Å²) in [6, 6.07) is 47.3. The Labute approximate surface area is 340 Å². The van der Waals surface area contributed by atoms with Crippen LogP contribution in [0, 0.1) is 11.8 Å². The normalized spacial score (nSPS) is 17.1. The number of hydrogen-bond donors (Lipinski definition) is 0. The Morgan fingerprint density at radius 1 is 0.508 bits per heavy atom. The first-order chi connectivity index (χ1) is 29.1. The van der Waals surface area contributed by atoms with Crippen LogP contribution < -0.4 is 0 Å². The largest absolute Gasteiger partial charge is 0.455 e. The average Bonchev–Trinajstić information content (AvgIpc) is 3.94. The van der Waals surface area contributed by atoms with Gasteiger partial charge in [-0.05, 0) is 67.3 Å². The first-order valence-corrected chi connectivity index (χ1v) is 20.6. The van der Waals surface area contributed by atoms with Gasteiger partial charge in [-0.25, -0.2) is 15.0 Å². The molecule has 2 atom stereocenters. The maximum atomic E-state index is 7.24. The SMILES string of the molecule is CC1C=C(c2nc(C3=C(n4c5ccccc5c5c6oc7c(ccc8c7c7ccccc7n8-c7ccccc7)c6ccc54)C(C)CC=C3)nc(-c3ccccc3)n2)C=CC1. The Hall–Kier alpha value is -7.31. The Bertz CT molecular complexity index is 3470. The van der Waals surface area contributed by atoms with E-state index in [-0.39, 0.29) is 5.92 Å². The highest BCUT2D eigenvalue weighted by atomic mass is 16.3. The highest BCUT2D eigenvalue weighted by Gasteiger charge is 2.28. The summed E-state index contributed by atoms with van der Waals surface area (Å²) >= 11 is 0. The number of fused-ring (bicyclic) bond motifs is 11. The Kier molecular flexibility index (Phi) is 7.51. The second-order valence-corrected chi connectivity index (χ2v) is 16.1. The van der Waals surface area contributed by atoms with Crippen LogP contribution >= 0.6 is 0 Å². The molecule has 0 fully saturated rings. The summed E-state index contributed by atoms with van der Waals surface area (Å²) in [5.74, 6) is 2.63. The minimum Gasteiger partial charge on any atom is -0.455 e. The first kappa shape index (κ1) is 33.8. The predicted molar refractivity (Wildman–Crippen MR) is 243 cm³/mol. The molecule has 6 heteroatoms. The number of furan rings is 1. The molecule has 6 nitrogen and oxygen atoms in total. The zero-order chi connectivity index (χ0) is 39.2. The molecule has 0 spiro atoms. The molecule has 2 aliphatic rings. The van der Waals surface area contributed by atoms with Gasteiger partial charge in [-0.3, -0.25) is 0 Å². The molecule has 0 aliphatic heterocycles. The van der Waals surface area contributed by atoms with E-state index in [1.165, 1.54) is 11.1 Å². The summed E-state index contributed by atoms with van der Waals surface area (Å²) in [6.45, 7) is 4.55. The molecular formula is C53H39N5O. The molecule has 0 bridgehead atoms. The molecule has 4 aromatic heterocycles. The van der Waals surface area contributed by atoms with Crippen LogP contribution in [0.2, 0.25) is 0 Å². The smallest absolute Gasteiger partial charge is 0.165 e. The zero-order valence-electron chi connectivity index (χ0n) is 32.8. The van der Waals surface area contributed by atoms with Crippen LogP contribution in [0.3, 0.4) is 0 Å². The molecule has 6 aromatic carbocycles. The molecule has 2 unspecified atom stereocenters. The topological polar surface area (TPSA) is 61.7 Å². The monoisotopic (exact) mass is 761 g/mol. The van der Waals surface area contributed by atoms with Crippen molar-refractivity contribution in [3.8, 4) is 17.1 Å². The third kappa shape index (κ3) is 5.15. The van der Waals surface area contributed by atoms with Gasteiger partial charge in [0.05, 0.1) is 32.8 Å². The lowest BCUT2D eigenvalue weighted by atomic mass is 9.92. The van der Waals surface area contributed by atoms with Gasteiger partial charge in [0.2, 0.25) is 0 Å². The molecular weight excluding hydrogens is 723 g/mol. The lowest BCUT2D eigenvalue weighted by molar-refractivity contribution is 0.677. The van der Waals surface area contributed by atoms with Crippen molar-refractivity contribution in [1.82, 2.24) is 24.1 Å². The molecule has 0 N–H and O–H groups in total. The highest BCUT2D eigenvalue weighted by molar-refractivity contribution is 6.29. The van der Waals surface area contributed by atoms with Gasteiger partial charge >= 0.3 is 0 Å². The Balaban J connectivity index is 1.14. The lowest BCUT2D eigenvalue weighted by Gasteiger charge is -2.25. The van der Waals surface area contributed by atoms with E-state index in [2.05, 4.69) is 169 Å². The van der Waals surface area contributed by atoms with Crippen LogP contribution in [-0.4, -0.2) is 24.1 Å². The van der Waals surface area contributed by atoms with Crippen molar-refractivity contribution < 1.29 is 4.42 Å². The van der Waals surface area contributed by atoms with Crippen molar-refractivity contribution in [1.29, 1.82) is 0 Å². The Morgan fingerprint density at radius 3 is 1.78 bits per heavy atom. The van der Waals surface area contributed by atoms with Crippen molar-refractivity contribution in [2.45, 2.75) is 26.7 Å². The van der Waals surface area contributed by atoms with Crippen molar-refractivity contribution in [2.75, 3.05) is 0 Å². The van der Waals surface area contributed by atoms with Crippen LogP contribution in [0.1, 0.15) is 38.3 Å². The number of rotatable bonds is 5. The van der Waals surface area contributed by atoms with Gasteiger partial charge in [-0.1, -0.05) is 129 Å². The minimum atomic E-state index is 0.179. The summed E-state index contributed by atoms with van der Waals surface area (Å²) in [4.78, 5) is 15.6. The zero-order valence-corrected chi connectivity index (χ0v) is 32.8. The number of nitrogens with zero attached hydrogens (tertiary/aromatic N) is 5. The van der Waals surface area contributed by atoms with E-state index in [0.29, 0.717) is 23.4 Å². The van der Waals surface area contributed by atoms with Crippen LogP contribution in [-0.2, 0) is 0 Å². The fourth-order valence-electron chi connectivity index (χ4n) is 9.62. The van der Waals surface area contributed by atoms with Crippen LogP contribution in [0.5, 0.6) is 0 Å². The summed E-state index contributed by atoms with van der Waals surface area (Å²) in [7, 11) is 0. The number of para-hydroxylation sites is 3. The summed E-state index contributed by atoms with van der Waals surface area (Å²) in [5, 5.41) is 6.78. The van der Waals surface area contributed by atoms with E-state index >= 15 is 0 Å². The van der Waals surface area contributed by atoms with E-state index in [0.717, 1.165) is 95.4 Å².